The molecule has 0 aliphatic rings. The van der Waals surface area contributed by atoms with Crippen molar-refractivity contribution in [1.29, 1.82) is 0 Å². The van der Waals surface area contributed by atoms with Gasteiger partial charge < -0.3 is 10.4 Å². The number of rotatable bonds is 6. The normalized spacial score (nSPS) is 11.9. The van der Waals surface area contributed by atoms with Crippen LogP contribution in [0.2, 0.25) is 0 Å². The number of carbonyl (C=O) groups is 2. The molecule has 0 aliphatic heterocycles. The second kappa shape index (κ2) is 6.73. The summed E-state index contributed by atoms with van der Waals surface area (Å²) in [5, 5.41) is 11.4. The second-order valence-corrected chi connectivity index (χ2v) is 4.67. The minimum Gasteiger partial charge on any atom is -0.480 e. The average Bonchev–Trinajstić information content (AvgIpc) is 2.38. The van der Waals surface area contributed by atoms with E-state index in [2.05, 4.69) is 25.7 Å². The van der Waals surface area contributed by atoms with Crippen LogP contribution in [0.15, 0.2) is 36.9 Å². The molecule has 0 spiro atoms. The zero-order valence-corrected chi connectivity index (χ0v) is 11.2. The van der Waals surface area contributed by atoms with Crippen LogP contribution in [-0.4, -0.2) is 23.0 Å². The largest absolute Gasteiger partial charge is 0.480 e. The molecule has 1 amide bonds. The Hall–Kier alpha value is -2.10. The third-order valence-electron chi connectivity index (χ3n) is 2.85. The first-order valence-corrected chi connectivity index (χ1v) is 6.20. The fourth-order valence-corrected chi connectivity index (χ4v) is 1.65. The number of amides is 1. The molecule has 0 saturated carbocycles. The van der Waals surface area contributed by atoms with E-state index in [-0.39, 0.29) is 12.3 Å². The van der Waals surface area contributed by atoms with Gasteiger partial charge >= 0.3 is 5.97 Å². The minimum atomic E-state index is -1.06. The summed E-state index contributed by atoms with van der Waals surface area (Å²) in [4.78, 5) is 22.8. The smallest absolute Gasteiger partial charge is 0.326 e. The molecule has 0 radical (unpaired) electrons. The zero-order valence-electron chi connectivity index (χ0n) is 11.2. The average molecular weight is 261 g/mol. The Morgan fingerprint density at radius 3 is 2.32 bits per heavy atom. The Labute approximate surface area is 113 Å². The van der Waals surface area contributed by atoms with Crippen LogP contribution in [0.3, 0.4) is 0 Å². The van der Waals surface area contributed by atoms with Gasteiger partial charge in [0.2, 0.25) is 0 Å². The highest BCUT2D eigenvalue weighted by Crippen LogP contribution is 2.14. The molecular weight excluding hydrogens is 242 g/mol. The van der Waals surface area contributed by atoms with Crippen LogP contribution in [0.1, 0.15) is 42.1 Å². The van der Waals surface area contributed by atoms with Gasteiger partial charge in [-0.25, -0.2) is 4.79 Å². The summed E-state index contributed by atoms with van der Waals surface area (Å²) in [7, 11) is 0. The van der Waals surface area contributed by atoms with Gasteiger partial charge in [0.15, 0.2) is 0 Å². The molecule has 0 aliphatic carbocycles. The summed E-state index contributed by atoms with van der Waals surface area (Å²) in [5.41, 5.74) is 1.59. The van der Waals surface area contributed by atoms with Crippen molar-refractivity contribution in [3.05, 3.63) is 48.0 Å². The van der Waals surface area contributed by atoms with E-state index in [0.717, 1.165) is 5.56 Å². The molecule has 0 saturated heterocycles. The van der Waals surface area contributed by atoms with Crippen LogP contribution in [-0.2, 0) is 4.79 Å². The van der Waals surface area contributed by atoms with Crippen LogP contribution >= 0.6 is 0 Å². The first kappa shape index (κ1) is 15.0. The number of carbonyl (C=O) groups excluding carboxylic acids is 1. The lowest BCUT2D eigenvalue weighted by atomic mass is 10.0. The van der Waals surface area contributed by atoms with Crippen LogP contribution in [0, 0.1) is 0 Å². The number of carboxylic acids is 1. The van der Waals surface area contributed by atoms with E-state index in [9.17, 15) is 9.59 Å². The molecule has 4 heteroatoms. The maximum atomic E-state index is 11.9. The molecule has 0 fully saturated rings. The van der Waals surface area contributed by atoms with E-state index in [4.69, 9.17) is 5.11 Å². The summed E-state index contributed by atoms with van der Waals surface area (Å²) in [5.74, 6) is -1.05. The fourth-order valence-electron chi connectivity index (χ4n) is 1.65. The van der Waals surface area contributed by atoms with Crippen LogP contribution in [0.4, 0.5) is 0 Å². The first-order chi connectivity index (χ1) is 8.95. The van der Waals surface area contributed by atoms with Gasteiger partial charge in [0.05, 0.1) is 0 Å². The van der Waals surface area contributed by atoms with Crippen molar-refractivity contribution in [2.45, 2.75) is 32.2 Å². The Balaban J connectivity index is 2.76. The third kappa shape index (κ3) is 4.25. The lowest BCUT2D eigenvalue weighted by Crippen LogP contribution is -2.40. The third-order valence-corrected chi connectivity index (χ3v) is 2.85. The molecule has 102 valence electrons. The molecule has 1 unspecified atom stereocenters. The van der Waals surface area contributed by atoms with Crippen LogP contribution in [0.25, 0.3) is 0 Å². The van der Waals surface area contributed by atoms with Gasteiger partial charge in [0, 0.05) is 5.56 Å². The van der Waals surface area contributed by atoms with Gasteiger partial charge in [-0.1, -0.05) is 32.1 Å². The topological polar surface area (TPSA) is 66.4 Å². The number of aliphatic carboxylic acids is 1. The summed E-state index contributed by atoms with van der Waals surface area (Å²) in [6.45, 7) is 7.62. The zero-order chi connectivity index (χ0) is 14.4. The SMILES string of the molecule is C=CCC(NC(=O)c1ccc(C(C)C)cc1)C(=O)O. The maximum absolute atomic E-state index is 11.9. The fraction of sp³-hybridized carbons (Fsp3) is 0.333. The van der Waals surface area contributed by atoms with Gasteiger partial charge in [-0.3, -0.25) is 4.79 Å². The monoisotopic (exact) mass is 261 g/mol. The molecule has 1 atom stereocenters. The molecule has 0 aromatic heterocycles. The molecule has 4 nitrogen and oxygen atoms in total. The Kier molecular flexibility index (Phi) is 5.30. The van der Waals surface area contributed by atoms with E-state index >= 15 is 0 Å². The van der Waals surface area contributed by atoms with Gasteiger partial charge in [-0.05, 0) is 30.0 Å². The van der Waals surface area contributed by atoms with Crippen molar-refractivity contribution in [2.24, 2.45) is 0 Å². The van der Waals surface area contributed by atoms with E-state index in [0.29, 0.717) is 11.5 Å². The molecule has 1 aromatic carbocycles. The van der Waals surface area contributed by atoms with E-state index in [1.807, 2.05) is 12.1 Å². The van der Waals surface area contributed by atoms with E-state index in [1.165, 1.54) is 6.08 Å². The summed E-state index contributed by atoms with van der Waals surface area (Å²) < 4.78 is 0. The quantitative estimate of drug-likeness (QED) is 0.773. The van der Waals surface area contributed by atoms with Crippen molar-refractivity contribution >= 4 is 11.9 Å². The predicted octanol–water partition coefficient (Wildman–Crippen LogP) is 2.57. The highest BCUT2D eigenvalue weighted by Gasteiger charge is 2.19. The number of hydrogen-bond acceptors (Lipinski definition) is 2. The molecule has 0 bridgehead atoms. The van der Waals surface area contributed by atoms with Gasteiger partial charge in [-0.15, -0.1) is 6.58 Å². The maximum Gasteiger partial charge on any atom is 0.326 e. The molecule has 1 rings (SSSR count). The van der Waals surface area contributed by atoms with Crippen LogP contribution < -0.4 is 5.32 Å². The van der Waals surface area contributed by atoms with Crippen molar-refractivity contribution < 1.29 is 14.7 Å². The van der Waals surface area contributed by atoms with Crippen molar-refractivity contribution in [1.82, 2.24) is 5.32 Å². The molecule has 19 heavy (non-hydrogen) atoms. The predicted molar refractivity (Wildman–Crippen MR) is 74.2 cm³/mol. The summed E-state index contributed by atoms with van der Waals surface area (Å²) >= 11 is 0. The number of benzene rings is 1. The standard InChI is InChI=1S/C15H19NO3/c1-4-5-13(15(18)19)16-14(17)12-8-6-11(7-9-12)10(2)3/h4,6-10,13H,1,5H2,2-3H3,(H,16,17)(H,18,19). The van der Waals surface area contributed by atoms with E-state index < -0.39 is 12.0 Å². The minimum absolute atomic E-state index is 0.200. The van der Waals surface area contributed by atoms with E-state index in [1.54, 1.807) is 12.1 Å². The lowest BCUT2D eigenvalue weighted by molar-refractivity contribution is -0.139. The second-order valence-electron chi connectivity index (χ2n) is 4.67. The first-order valence-electron chi connectivity index (χ1n) is 6.20. The lowest BCUT2D eigenvalue weighted by Gasteiger charge is -2.13. The Morgan fingerprint density at radius 1 is 1.32 bits per heavy atom. The Morgan fingerprint density at radius 2 is 1.89 bits per heavy atom. The van der Waals surface area contributed by atoms with Crippen LogP contribution in [0.5, 0.6) is 0 Å². The molecule has 1 aromatic rings. The summed E-state index contributed by atoms with van der Waals surface area (Å²) in [6.07, 6.45) is 1.67. The number of carboxylic acid groups (broad SMARTS) is 1. The number of hydrogen-bond donors (Lipinski definition) is 2. The molecule has 2 N–H and O–H groups in total. The summed E-state index contributed by atoms with van der Waals surface area (Å²) in [6, 6.07) is 6.23. The van der Waals surface area contributed by atoms with Gasteiger partial charge in [-0.2, -0.15) is 0 Å². The Bertz CT molecular complexity index is 463. The van der Waals surface area contributed by atoms with Gasteiger partial charge in [0.25, 0.3) is 5.91 Å². The molecule has 0 heterocycles. The highest BCUT2D eigenvalue weighted by molar-refractivity contribution is 5.96. The van der Waals surface area contributed by atoms with Crippen molar-refractivity contribution in [2.75, 3.05) is 0 Å². The van der Waals surface area contributed by atoms with Crippen molar-refractivity contribution in [3.8, 4) is 0 Å². The highest BCUT2D eigenvalue weighted by atomic mass is 16.4. The van der Waals surface area contributed by atoms with Crippen molar-refractivity contribution in [3.63, 3.8) is 0 Å². The molecular formula is C15H19NO3. The number of nitrogens with one attached hydrogen (secondary N) is 1. The van der Waals surface area contributed by atoms with Gasteiger partial charge in [0.1, 0.15) is 6.04 Å².